The zero-order valence-corrected chi connectivity index (χ0v) is 11.1. The molecule has 3 nitrogen and oxygen atoms in total. The largest absolute Gasteiger partial charge is 0.338 e. The average Bonchev–Trinajstić information content (AvgIpc) is 2.74. The maximum absolute atomic E-state index is 6.25. The van der Waals surface area contributed by atoms with E-state index in [0.717, 1.165) is 12.3 Å². The van der Waals surface area contributed by atoms with Crippen molar-refractivity contribution in [2.24, 2.45) is 24.6 Å². The number of nitrogens with two attached hydrogens (primary N) is 1. The SMILES string of the molecule is CCC1CCC(N)C(CCc2nccn2C)C1. The van der Waals surface area contributed by atoms with Crippen molar-refractivity contribution < 1.29 is 0 Å². The molecule has 0 radical (unpaired) electrons. The van der Waals surface area contributed by atoms with E-state index in [4.69, 9.17) is 5.73 Å². The Morgan fingerprint density at radius 2 is 2.29 bits per heavy atom. The van der Waals surface area contributed by atoms with Gasteiger partial charge in [0, 0.05) is 31.9 Å². The van der Waals surface area contributed by atoms with E-state index in [9.17, 15) is 0 Å². The Hall–Kier alpha value is -0.830. The molecule has 2 rings (SSSR count). The molecule has 0 spiro atoms. The van der Waals surface area contributed by atoms with Gasteiger partial charge in [-0.3, -0.25) is 0 Å². The highest BCUT2D eigenvalue weighted by molar-refractivity contribution is 4.93. The molecule has 3 heteroatoms. The number of hydrogen-bond donors (Lipinski definition) is 1. The molecule has 17 heavy (non-hydrogen) atoms. The van der Waals surface area contributed by atoms with Crippen LogP contribution in [-0.4, -0.2) is 15.6 Å². The lowest BCUT2D eigenvalue weighted by Gasteiger charge is -2.33. The minimum Gasteiger partial charge on any atom is -0.338 e. The molecule has 1 aromatic rings. The fourth-order valence-corrected chi connectivity index (χ4v) is 3.04. The highest BCUT2D eigenvalue weighted by atomic mass is 15.0. The zero-order chi connectivity index (χ0) is 12.3. The van der Waals surface area contributed by atoms with E-state index in [0.29, 0.717) is 12.0 Å². The van der Waals surface area contributed by atoms with Crippen LogP contribution in [0.1, 0.15) is 44.9 Å². The number of imidazole rings is 1. The Morgan fingerprint density at radius 1 is 1.47 bits per heavy atom. The van der Waals surface area contributed by atoms with E-state index < -0.39 is 0 Å². The summed E-state index contributed by atoms with van der Waals surface area (Å²) in [6.07, 6.45) is 11.3. The Balaban J connectivity index is 1.87. The summed E-state index contributed by atoms with van der Waals surface area (Å²) in [6, 6.07) is 0.415. The average molecular weight is 235 g/mol. The molecule has 1 aliphatic carbocycles. The van der Waals surface area contributed by atoms with E-state index in [-0.39, 0.29) is 0 Å². The van der Waals surface area contributed by atoms with Gasteiger partial charge in [-0.25, -0.2) is 4.98 Å². The molecule has 1 aromatic heterocycles. The fourth-order valence-electron chi connectivity index (χ4n) is 3.04. The second-order valence-corrected chi connectivity index (χ2v) is 5.50. The summed E-state index contributed by atoms with van der Waals surface area (Å²) in [6.45, 7) is 2.30. The summed E-state index contributed by atoms with van der Waals surface area (Å²) >= 11 is 0. The first-order valence-electron chi connectivity index (χ1n) is 6.92. The van der Waals surface area contributed by atoms with E-state index in [1.165, 1.54) is 37.9 Å². The molecule has 96 valence electrons. The van der Waals surface area contributed by atoms with E-state index in [1.807, 2.05) is 12.4 Å². The molecule has 0 amide bonds. The molecule has 0 aromatic carbocycles. The molecule has 0 bridgehead atoms. The van der Waals surface area contributed by atoms with Gasteiger partial charge in [0.2, 0.25) is 0 Å². The van der Waals surface area contributed by atoms with Crippen molar-refractivity contribution in [3.8, 4) is 0 Å². The molecule has 3 unspecified atom stereocenters. The van der Waals surface area contributed by atoms with Gasteiger partial charge in [0.15, 0.2) is 0 Å². The van der Waals surface area contributed by atoms with Crippen LogP contribution in [0.4, 0.5) is 0 Å². The minimum absolute atomic E-state index is 0.415. The van der Waals surface area contributed by atoms with Gasteiger partial charge in [0.25, 0.3) is 0 Å². The Labute approximate surface area is 104 Å². The van der Waals surface area contributed by atoms with Gasteiger partial charge in [-0.05, 0) is 37.5 Å². The van der Waals surface area contributed by atoms with Crippen LogP contribution >= 0.6 is 0 Å². The van der Waals surface area contributed by atoms with Crippen molar-refractivity contribution >= 4 is 0 Å². The quantitative estimate of drug-likeness (QED) is 0.871. The monoisotopic (exact) mass is 235 g/mol. The van der Waals surface area contributed by atoms with Crippen molar-refractivity contribution in [3.05, 3.63) is 18.2 Å². The van der Waals surface area contributed by atoms with Crippen LogP contribution in [0, 0.1) is 11.8 Å². The predicted octanol–water partition coefficient (Wildman–Crippen LogP) is 2.51. The molecule has 2 N–H and O–H groups in total. The normalized spacial score (nSPS) is 29.5. The Bertz CT molecular complexity index is 345. The number of hydrogen-bond acceptors (Lipinski definition) is 2. The van der Waals surface area contributed by atoms with Crippen LogP contribution in [0.2, 0.25) is 0 Å². The molecule has 0 saturated heterocycles. The van der Waals surface area contributed by atoms with Crippen LogP contribution in [0.15, 0.2) is 12.4 Å². The van der Waals surface area contributed by atoms with Crippen molar-refractivity contribution in [1.29, 1.82) is 0 Å². The van der Waals surface area contributed by atoms with Crippen molar-refractivity contribution in [2.75, 3.05) is 0 Å². The van der Waals surface area contributed by atoms with E-state index >= 15 is 0 Å². The number of aromatic nitrogens is 2. The maximum Gasteiger partial charge on any atom is 0.108 e. The van der Waals surface area contributed by atoms with Crippen molar-refractivity contribution in [2.45, 2.75) is 51.5 Å². The summed E-state index contributed by atoms with van der Waals surface area (Å²) in [5, 5.41) is 0. The molecule has 1 aliphatic rings. The molecular weight excluding hydrogens is 210 g/mol. The predicted molar refractivity (Wildman–Crippen MR) is 70.6 cm³/mol. The number of nitrogens with zero attached hydrogens (tertiary/aromatic N) is 2. The number of rotatable bonds is 4. The van der Waals surface area contributed by atoms with Gasteiger partial charge in [-0.15, -0.1) is 0 Å². The lowest BCUT2D eigenvalue weighted by Crippen LogP contribution is -2.36. The zero-order valence-electron chi connectivity index (χ0n) is 11.1. The first kappa shape index (κ1) is 12.6. The van der Waals surface area contributed by atoms with Gasteiger partial charge in [-0.1, -0.05) is 13.3 Å². The lowest BCUT2D eigenvalue weighted by atomic mass is 9.75. The summed E-state index contributed by atoms with van der Waals surface area (Å²) in [5.41, 5.74) is 6.25. The Morgan fingerprint density at radius 3 is 2.94 bits per heavy atom. The summed E-state index contributed by atoms with van der Waals surface area (Å²) in [5.74, 6) is 2.79. The summed E-state index contributed by atoms with van der Waals surface area (Å²) in [4.78, 5) is 4.39. The second kappa shape index (κ2) is 5.67. The van der Waals surface area contributed by atoms with Gasteiger partial charge < -0.3 is 10.3 Å². The fraction of sp³-hybridized carbons (Fsp3) is 0.786. The number of aryl methyl sites for hydroxylation is 2. The van der Waals surface area contributed by atoms with Crippen LogP contribution in [-0.2, 0) is 13.5 Å². The van der Waals surface area contributed by atoms with Gasteiger partial charge in [0.1, 0.15) is 5.82 Å². The first-order chi connectivity index (χ1) is 8.20. The second-order valence-electron chi connectivity index (χ2n) is 5.50. The van der Waals surface area contributed by atoms with Crippen molar-refractivity contribution in [1.82, 2.24) is 9.55 Å². The third kappa shape index (κ3) is 3.09. The molecule has 1 saturated carbocycles. The van der Waals surface area contributed by atoms with Crippen LogP contribution < -0.4 is 5.73 Å². The highest BCUT2D eigenvalue weighted by Crippen LogP contribution is 2.32. The molecule has 0 aliphatic heterocycles. The first-order valence-corrected chi connectivity index (χ1v) is 6.92. The summed E-state index contributed by atoms with van der Waals surface area (Å²) in [7, 11) is 2.07. The van der Waals surface area contributed by atoms with Crippen LogP contribution in [0.5, 0.6) is 0 Å². The van der Waals surface area contributed by atoms with Gasteiger partial charge in [-0.2, -0.15) is 0 Å². The molecule has 3 atom stereocenters. The van der Waals surface area contributed by atoms with E-state index in [1.54, 1.807) is 0 Å². The topological polar surface area (TPSA) is 43.8 Å². The highest BCUT2D eigenvalue weighted by Gasteiger charge is 2.27. The minimum atomic E-state index is 0.415. The smallest absolute Gasteiger partial charge is 0.108 e. The van der Waals surface area contributed by atoms with E-state index in [2.05, 4.69) is 23.5 Å². The Kier molecular flexibility index (Phi) is 4.21. The molecule has 1 fully saturated rings. The maximum atomic E-state index is 6.25. The molecular formula is C14H25N3. The standard InChI is InChI=1S/C14H25N3/c1-3-11-4-6-13(15)12(10-11)5-7-14-16-8-9-17(14)2/h8-9,11-13H,3-7,10,15H2,1-2H3. The third-order valence-electron chi connectivity index (χ3n) is 4.39. The lowest BCUT2D eigenvalue weighted by molar-refractivity contribution is 0.217. The van der Waals surface area contributed by atoms with Gasteiger partial charge in [0.05, 0.1) is 0 Å². The van der Waals surface area contributed by atoms with Crippen LogP contribution in [0.3, 0.4) is 0 Å². The third-order valence-corrected chi connectivity index (χ3v) is 4.39. The van der Waals surface area contributed by atoms with Crippen LogP contribution in [0.25, 0.3) is 0 Å². The molecule has 1 heterocycles. The summed E-state index contributed by atoms with van der Waals surface area (Å²) < 4.78 is 2.12. The van der Waals surface area contributed by atoms with Gasteiger partial charge >= 0.3 is 0 Å². The van der Waals surface area contributed by atoms with Crippen molar-refractivity contribution in [3.63, 3.8) is 0 Å².